The van der Waals surface area contributed by atoms with Crippen LogP contribution in [-0.4, -0.2) is 58.2 Å². The number of carboxylic acids is 1. The lowest BCUT2D eigenvalue weighted by Gasteiger charge is -2.35. The zero-order chi connectivity index (χ0) is 27.4. The minimum Gasteiger partial charge on any atom is -0.481 e. The van der Waals surface area contributed by atoms with Crippen LogP contribution in [-0.2, 0) is 20.9 Å². The summed E-state index contributed by atoms with van der Waals surface area (Å²) in [5.41, 5.74) is 0.896. The second-order valence-electron chi connectivity index (χ2n) is 11.3. The van der Waals surface area contributed by atoms with Crippen LogP contribution in [0.2, 0.25) is 0 Å². The zero-order valence-electron chi connectivity index (χ0n) is 22.9. The summed E-state index contributed by atoms with van der Waals surface area (Å²) in [6.07, 6.45) is 5.37. The molecule has 1 saturated heterocycles. The van der Waals surface area contributed by atoms with E-state index in [1.165, 1.54) is 20.5 Å². The second kappa shape index (κ2) is 11.7. The van der Waals surface area contributed by atoms with Gasteiger partial charge in [0, 0.05) is 11.8 Å². The Kier molecular flexibility index (Phi) is 8.55. The lowest BCUT2D eigenvalue weighted by Crippen LogP contribution is -2.49. The molecule has 0 bridgehead atoms. The van der Waals surface area contributed by atoms with Gasteiger partial charge in [-0.05, 0) is 23.8 Å². The van der Waals surface area contributed by atoms with Gasteiger partial charge in [-0.25, -0.2) is 14.8 Å². The van der Waals surface area contributed by atoms with Gasteiger partial charge in [0.2, 0.25) is 17.7 Å². The molecule has 4 rings (SSSR count). The number of amides is 1. The van der Waals surface area contributed by atoms with Gasteiger partial charge in [0.25, 0.3) is 0 Å². The summed E-state index contributed by atoms with van der Waals surface area (Å²) in [5.74, 6) is -1.13. The SMILES string of the molecule is COc1ncnc(OC)c1COC1C(c2ccccc2)N(C(=O)C2CCCCC2)C(C(=O)O)C1C(C)(C)C. The standard InChI is InChI=1S/C29H39N3O6/c1-29(2,3)21-23(28(34)35)32(27(33)19-14-10-7-11-15-19)22(18-12-8-6-9-13-18)24(21)38-16-20-25(36-4)30-17-31-26(20)37-5/h6,8-9,12-13,17,19,21-24H,7,10-11,14-16H2,1-5H3,(H,34,35). The first kappa shape index (κ1) is 27.8. The number of methoxy groups -OCH3 is 2. The van der Waals surface area contributed by atoms with Crippen LogP contribution in [0.25, 0.3) is 0 Å². The van der Waals surface area contributed by atoms with Crippen molar-refractivity contribution in [3.05, 3.63) is 47.8 Å². The van der Waals surface area contributed by atoms with Crippen molar-refractivity contribution in [3.8, 4) is 11.8 Å². The summed E-state index contributed by atoms with van der Waals surface area (Å²) >= 11 is 0. The molecule has 4 atom stereocenters. The van der Waals surface area contributed by atoms with Crippen LogP contribution in [0.15, 0.2) is 36.7 Å². The van der Waals surface area contributed by atoms with E-state index in [9.17, 15) is 14.7 Å². The second-order valence-corrected chi connectivity index (χ2v) is 11.3. The van der Waals surface area contributed by atoms with E-state index in [0.29, 0.717) is 17.3 Å². The zero-order valence-corrected chi connectivity index (χ0v) is 22.9. The molecule has 0 spiro atoms. The smallest absolute Gasteiger partial charge is 0.326 e. The highest BCUT2D eigenvalue weighted by atomic mass is 16.5. The van der Waals surface area contributed by atoms with E-state index < -0.39 is 35.5 Å². The van der Waals surface area contributed by atoms with Gasteiger partial charge < -0.3 is 24.2 Å². The molecule has 2 aromatic rings. The first-order valence-electron chi connectivity index (χ1n) is 13.3. The van der Waals surface area contributed by atoms with Crippen LogP contribution in [0.4, 0.5) is 0 Å². The van der Waals surface area contributed by atoms with Crippen LogP contribution in [0.3, 0.4) is 0 Å². The number of nitrogens with zero attached hydrogens (tertiary/aromatic N) is 3. The Hall–Kier alpha value is -3.20. The Balaban J connectivity index is 1.82. The van der Waals surface area contributed by atoms with Gasteiger partial charge in [-0.2, -0.15) is 0 Å². The van der Waals surface area contributed by atoms with Gasteiger partial charge in [-0.15, -0.1) is 0 Å². The molecule has 1 N–H and O–H groups in total. The Morgan fingerprint density at radius 2 is 1.61 bits per heavy atom. The normalized spacial score (nSPS) is 24.3. The van der Waals surface area contributed by atoms with Crippen molar-refractivity contribution < 1.29 is 28.9 Å². The third kappa shape index (κ3) is 5.48. The monoisotopic (exact) mass is 525 g/mol. The maximum Gasteiger partial charge on any atom is 0.326 e. The van der Waals surface area contributed by atoms with Crippen molar-refractivity contribution in [2.45, 2.75) is 77.7 Å². The largest absolute Gasteiger partial charge is 0.481 e. The summed E-state index contributed by atoms with van der Waals surface area (Å²) in [5, 5.41) is 10.6. The highest BCUT2D eigenvalue weighted by Gasteiger charge is 2.59. The van der Waals surface area contributed by atoms with Crippen LogP contribution in [0.5, 0.6) is 11.8 Å². The molecule has 1 aromatic carbocycles. The average Bonchev–Trinajstić information content (AvgIpc) is 3.28. The minimum absolute atomic E-state index is 0.0333. The molecule has 1 aliphatic carbocycles. The van der Waals surface area contributed by atoms with Gasteiger partial charge in [0.05, 0.1) is 33.0 Å². The Morgan fingerprint density at radius 1 is 1.00 bits per heavy atom. The van der Waals surface area contributed by atoms with Crippen molar-refractivity contribution in [3.63, 3.8) is 0 Å². The molecule has 1 aliphatic heterocycles. The van der Waals surface area contributed by atoms with Crippen LogP contribution in [0.1, 0.15) is 70.0 Å². The highest BCUT2D eigenvalue weighted by molar-refractivity contribution is 5.87. The minimum atomic E-state index is -1.03. The van der Waals surface area contributed by atoms with E-state index in [1.54, 1.807) is 4.90 Å². The van der Waals surface area contributed by atoms with Gasteiger partial charge in [0.15, 0.2) is 0 Å². The molecule has 2 fully saturated rings. The number of rotatable bonds is 8. The molecule has 4 unspecified atom stereocenters. The summed E-state index contributed by atoms with van der Waals surface area (Å²) in [4.78, 5) is 37.1. The fraction of sp³-hybridized carbons (Fsp3) is 0.586. The molecule has 1 aromatic heterocycles. The molecule has 0 radical (unpaired) electrons. The molecule has 9 nitrogen and oxygen atoms in total. The molecule has 206 valence electrons. The summed E-state index contributed by atoms with van der Waals surface area (Å²) in [6.45, 7) is 6.06. The molecular weight excluding hydrogens is 486 g/mol. The number of hydrogen-bond donors (Lipinski definition) is 1. The Labute approximate surface area is 224 Å². The fourth-order valence-electron chi connectivity index (χ4n) is 6.19. The fourth-order valence-corrected chi connectivity index (χ4v) is 6.19. The number of benzene rings is 1. The third-order valence-corrected chi connectivity index (χ3v) is 7.88. The number of carbonyl (C=O) groups is 2. The maximum atomic E-state index is 14.1. The van der Waals surface area contributed by atoms with Crippen molar-refractivity contribution in [1.82, 2.24) is 14.9 Å². The number of carbonyl (C=O) groups excluding carboxylic acids is 1. The number of carboxylic acid groups (broad SMARTS) is 1. The van der Waals surface area contributed by atoms with Gasteiger partial charge in [-0.1, -0.05) is 70.4 Å². The number of likely N-dealkylation sites (tertiary alicyclic amines) is 1. The molecular formula is C29H39N3O6. The van der Waals surface area contributed by atoms with Crippen LogP contribution < -0.4 is 9.47 Å². The predicted octanol–water partition coefficient (Wildman–Crippen LogP) is 4.66. The Bertz CT molecular complexity index is 1090. The van der Waals surface area contributed by atoms with Crippen LogP contribution in [0, 0.1) is 17.3 Å². The first-order chi connectivity index (χ1) is 18.2. The number of aromatic nitrogens is 2. The molecule has 2 aliphatic rings. The van der Waals surface area contributed by atoms with E-state index in [4.69, 9.17) is 14.2 Å². The topological polar surface area (TPSA) is 111 Å². The molecule has 1 saturated carbocycles. The summed E-state index contributed by atoms with van der Waals surface area (Å²) < 4.78 is 17.5. The Morgan fingerprint density at radius 3 is 2.13 bits per heavy atom. The van der Waals surface area contributed by atoms with E-state index in [0.717, 1.165) is 37.7 Å². The van der Waals surface area contributed by atoms with Crippen molar-refractivity contribution in [1.29, 1.82) is 0 Å². The number of aliphatic carboxylic acids is 1. The summed E-state index contributed by atoms with van der Waals surface area (Å²) in [7, 11) is 3.02. The average molecular weight is 526 g/mol. The van der Waals surface area contributed by atoms with Gasteiger partial charge >= 0.3 is 5.97 Å². The molecule has 1 amide bonds. The maximum absolute atomic E-state index is 14.1. The van der Waals surface area contributed by atoms with Crippen molar-refractivity contribution >= 4 is 11.9 Å². The number of hydrogen-bond acceptors (Lipinski definition) is 7. The molecule has 38 heavy (non-hydrogen) atoms. The first-order valence-corrected chi connectivity index (χ1v) is 13.3. The molecule has 2 heterocycles. The number of ether oxygens (including phenoxy) is 3. The van der Waals surface area contributed by atoms with E-state index in [-0.39, 0.29) is 18.4 Å². The van der Waals surface area contributed by atoms with Crippen molar-refractivity contribution in [2.24, 2.45) is 17.3 Å². The highest BCUT2D eigenvalue weighted by Crippen LogP contribution is 2.51. The van der Waals surface area contributed by atoms with E-state index in [2.05, 4.69) is 9.97 Å². The van der Waals surface area contributed by atoms with E-state index >= 15 is 0 Å². The lowest BCUT2D eigenvalue weighted by atomic mass is 9.73. The molecule has 9 heteroatoms. The van der Waals surface area contributed by atoms with Crippen LogP contribution >= 0.6 is 0 Å². The lowest BCUT2D eigenvalue weighted by molar-refractivity contribution is -0.154. The van der Waals surface area contributed by atoms with Crippen molar-refractivity contribution in [2.75, 3.05) is 14.2 Å². The quantitative estimate of drug-likeness (QED) is 0.530. The summed E-state index contributed by atoms with van der Waals surface area (Å²) in [6, 6.07) is 8.01. The van der Waals surface area contributed by atoms with Gasteiger partial charge in [0.1, 0.15) is 17.9 Å². The van der Waals surface area contributed by atoms with E-state index in [1.807, 2.05) is 51.1 Å². The third-order valence-electron chi connectivity index (χ3n) is 7.88. The predicted molar refractivity (Wildman–Crippen MR) is 141 cm³/mol. The van der Waals surface area contributed by atoms with Gasteiger partial charge in [-0.3, -0.25) is 4.79 Å².